The highest BCUT2D eigenvalue weighted by Crippen LogP contribution is 2.23. The van der Waals surface area contributed by atoms with Crippen molar-refractivity contribution in [3.05, 3.63) is 17.6 Å². The maximum Gasteiger partial charge on any atom is 0.136 e. The standard InChI is InChI=1S/C14H24N4/c1-9(2)11-6-12(16-10-7-15-8-10)18-13(17-11)14(3,4)5/h6,9-10,15H,7-8H2,1-5H3,(H,16,17,18). The third kappa shape index (κ3) is 2.99. The van der Waals surface area contributed by atoms with E-state index in [-0.39, 0.29) is 5.41 Å². The van der Waals surface area contributed by atoms with Crippen molar-refractivity contribution in [2.75, 3.05) is 18.4 Å². The lowest BCUT2D eigenvalue weighted by Gasteiger charge is -2.29. The summed E-state index contributed by atoms with van der Waals surface area (Å²) in [4.78, 5) is 9.35. The molecule has 1 aromatic heterocycles. The van der Waals surface area contributed by atoms with E-state index in [1.54, 1.807) is 0 Å². The van der Waals surface area contributed by atoms with Gasteiger partial charge in [0.1, 0.15) is 11.6 Å². The topological polar surface area (TPSA) is 49.8 Å². The quantitative estimate of drug-likeness (QED) is 0.861. The number of hydrogen-bond acceptors (Lipinski definition) is 4. The first-order valence-corrected chi connectivity index (χ1v) is 6.73. The van der Waals surface area contributed by atoms with Crippen molar-refractivity contribution in [3.63, 3.8) is 0 Å². The lowest BCUT2D eigenvalue weighted by atomic mass is 9.95. The molecule has 1 aromatic rings. The molecular weight excluding hydrogens is 224 g/mol. The van der Waals surface area contributed by atoms with Crippen LogP contribution in [-0.4, -0.2) is 29.1 Å². The Balaban J connectivity index is 2.29. The highest BCUT2D eigenvalue weighted by Gasteiger charge is 2.22. The van der Waals surface area contributed by atoms with Gasteiger partial charge in [-0.3, -0.25) is 0 Å². The van der Waals surface area contributed by atoms with Gasteiger partial charge in [-0.2, -0.15) is 0 Å². The van der Waals surface area contributed by atoms with Crippen LogP contribution in [0, 0.1) is 0 Å². The number of anilines is 1. The minimum absolute atomic E-state index is 0.0147. The highest BCUT2D eigenvalue weighted by molar-refractivity contribution is 5.39. The van der Waals surface area contributed by atoms with Crippen LogP contribution in [-0.2, 0) is 5.41 Å². The fraction of sp³-hybridized carbons (Fsp3) is 0.714. The zero-order chi connectivity index (χ0) is 13.3. The van der Waals surface area contributed by atoms with Gasteiger partial charge in [0.2, 0.25) is 0 Å². The monoisotopic (exact) mass is 248 g/mol. The molecule has 0 aliphatic carbocycles. The zero-order valence-corrected chi connectivity index (χ0v) is 12.0. The van der Waals surface area contributed by atoms with Crippen LogP contribution in [0.3, 0.4) is 0 Å². The van der Waals surface area contributed by atoms with E-state index in [2.05, 4.69) is 61.3 Å². The summed E-state index contributed by atoms with van der Waals surface area (Å²) in [6.45, 7) is 12.8. The lowest BCUT2D eigenvalue weighted by molar-refractivity contribution is 0.469. The van der Waals surface area contributed by atoms with E-state index in [0.29, 0.717) is 12.0 Å². The van der Waals surface area contributed by atoms with E-state index in [4.69, 9.17) is 0 Å². The Morgan fingerprint density at radius 3 is 2.39 bits per heavy atom. The second-order valence-electron chi connectivity index (χ2n) is 6.41. The van der Waals surface area contributed by atoms with Gasteiger partial charge in [0.05, 0.1) is 6.04 Å². The largest absolute Gasteiger partial charge is 0.365 e. The van der Waals surface area contributed by atoms with Gasteiger partial charge in [0.25, 0.3) is 0 Å². The molecule has 2 heterocycles. The van der Waals surface area contributed by atoms with E-state index in [1.165, 1.54) is 0 Å². The molecular formula is C14H24N4. The van der Waals surface area contributed by atoms with Gasteiger partial charge in [-0.05, 0) is 5.92 Å². The van der Waals surface area contributed by atoms with E-state index in [0.717, 1.165) is 30.4 Å². The molecule has 4 heteroatoms. The number of aromatic nitrogens is 2. The van der Waals surface area contributed by atoms with Gasteiger partial charge in [-0.15, -0.1) is 0 Å². The van der Waals surface area contributed by atoms with Crippen LogP contribution < -0.4 is 10.6 Å². The van der Waals surface area contributed by atoms with E-state index < -0.39 is 0 Å². The van der Waals surface area contributed by atoms with Crippen LogP contribution in [0.1, 0.15) is 52.1 Å². The molecule has 0 atom stereocenters. The molecule has 1 aliphatic heterocycles. The molecule has 0 spiro atoms. The van der Waals surface area contributed by atoms with Crippen LogP contribution in [0.15, 0.2) is 6.07 Å². The molecule has 2 rings (SSSR count). The molecule has 0 amide bonds. The first kappa shape index (κ1) is 13.3. The fourth-order valence-electron chi connectivity index (χ4n) is 1.77. The summed E-state index contributed by atoms with van der Waals surface area (Å²) in [6.07, 6.45) is 0. The van der Waals surface area contributed by atoms with Crippen molar-refractivity contribution in [2.45, 2.75) is 52.0 Å². The number of nitrogens with zero attached hydrogens (tertiary/aromatic N) is 2. The van der Waals surface area contributed by atoms with Crippen molar-refractivity contribution in [3.8, 4) is 0 Å². The highest BCUT2D eigenvalue weighted by atomic mass is 15.1. The Hall–Kier alpha value is -1.16. The Kier molecular flexibility index (Phi) is 3.57. The third-order valence-electron chi connectivity index (χ3n) is 3.14. The molecule has 1 saturated heterocycles. The molecule has 0 radical (unpaired) electrons. The summed E-state index contributed by atoms with van der Waals surface area (Å²) >= 11 is 0. The SMILES string of the molecule is CC(C)c1cc(NC2CNC2)nc(C(C)(C)C)n1. The first-order chi connectivity index (χ1) is 8.36. The van der Waals surface area contributed by atoms with Crippen LogP contribution >= 0.6 is 0 Å². The second-order valence-corrected chi connectivity index (χ2v) is 6.41. The summed E-state index contributed by atoms with van der Waals surface area (Å²) in [7, 11) is 0. The fourth-order valence-corrected chi connectivity index (χ4v) is 1.77. The average Bonchev–Trinajstić information content (AvgIpc) is 2.22. The molecule has 0 saturated carbocycles. The molecule has 2 N–H and O–H groups in total. The molecule has 1 fully saturated rings. The van der Waals surface area contributed by atoms with Crippen molar-refractivity contribution in [2.24, 2.45) is 0 Å². The van der Waals surface area contributed by atoms with E-state index >= 15 is 0 Å². The summed E-state index contributed by atoms with van der Waals surface area (Å²) in [6, 6.07) is 2.59. The van der Waals surface area contributed by atoms with Gasteiger partial charge in [-0.25, -0.2) is 9.97 Å². The summed E-state index contributed by atoms with van der Waals surface area (Å²) < 4.78 is 0. The minimum Gasteiger partial charge on any atom is -0.365 e. The van der Waals surface area contributed by atoms with Crippen molar-refractivity contribution < 1.29 is 0 Å². The molecule has 0 bridgehead atoms. The first-order valence-electron chi connectivity index (χ1n) is 6.73. The maximum absolute atomic E-state index is 4.69. The predicted molar refractivity (Wildman–Crippen MR) is 75.1 cm³/mol. The van der Waals surface area contributed by atoms with Crippen molar-refractivity contribution in [1.29, 1.82) is 0 Å². The molecule has 100 valence electrons. The van der Waals surface area contributed by atoms with Crippen LogP contribution in [0.25, 0.3) is 0 Å². The number of hydrogen-bond donors (Lipinski definition) is 2. The van der Waals surface area contributed by atoms with Crippen molar-refractivity contribution in [1.82, 2.24) is 15.3 Å². The second kappa shape index (κ2) is 4.84. The molecule has 4 nitrogen and oxygen atoms in total. The maximum atomic E-state index is 4.69. The van der Waals surface area contributed by atoms with Gasteiger partial charge in [0, 0.05) is 30.3 Å². The minimum atomic E-state index is -0.0147. The van der Waals surface area contributed by atoms with Gasteiger partial charge >= 0.3 is 0 Å². The zero-order valence-electron chi connectivity index (χ0n) is 12.0. The van der Waals surface area contributed by atoms with Gasteiger partial charge in [0.15, 0.2) is 0 Å². The molecule has 1 aliphatic rings. The van der Waals surface area contributed by atoms with Crippen molar-refractivity contribution >= 4 is 5.82 Å². The molecule has 0 unspecified atom stereocenters. The number of rotatable bonds is 3. The van der Waals surface area contributed by atoms with E-state index in [1.807, 2.05) is 0 Å². The summed E-state index contributed by atoms with van der Waals surface area (Å²) in [5.41, 5.74) is 1.10. The van der Waals surface area contributed by atoms with Gasteiger partial charge < -0.3 is 10.6 Å². The van der Waals surface area contributed by atoms with Crippen LogP contribution in [0.4, 0.5) is 5.82 Å². The van der Waals surface area contributed by atoms with E-state index in [9.17, 15) is 0 Å². The normalized spacial score (nSPS) is 16.8. The summed E-state index contributed by atoms with van der Waals surface area (Å²) in [5.74, 6) is 2.31. The predicted octanol–water partition coefficient (Wildman–Crippen LogP) is 2.28. The lowest BCUT2D eigenvalue weighted by Crippen LogP contribution is -2.51. The van der Waals surface area contributed by atoms with Gasteiger partial charge in [-0.1, -0.05) is 34.6 Å². The average molecular weight is 248 g/mol. The Morgan fingerprint density at radius 2 is 1.94 bits per heavy atom. The molecule has 18 heavy (non-hydrogen) atoms. The smallest absolute Gasteiger partial charge is 0.136 e. The third-order valence-corrected chi connectivity index (χ3v) is 3.14. The summed E-state index contributed by atoms with van der Waals surface area (Å²) in [5, 5.41) is 6.73. The molecule has 0 aromatic carbocycles. The van der Waals surface area contributed by atoms with Crippen LogP contribution in [0.2, 0.25) is 0 Å². The number of nitrogens with one attached hydrogen (secondary N) is 2. The van der Waals surface area contributed by atoms with Crippen LogP contribution in [0.5, 0.6) is 0 Å². The Labute approximate surface area is 110 Å². The Bertz CT molecular complexity index is 416. The Morgan fingerprint density at radius 1 is 1.28 bits per heavy atom.